The van der Waals surface area contributed by atoms with Gasteiger partial charge in [0.25, 0.3) is 0 Å². The molecule has 1 aromatic heterocycles. The molecule has 78 valence electrons. The fourth-order valence-corrected chi connectivity index (χ4v) is 1.58. The van der Waals surface area contributed by atoms with E-state index in [1.807, 2.05) is 13.0 Å². The van der Waals surface area contributed by atoms with Crippen LogP contribution in [0.15, 0.2) is 36.7 Å². The lowest BCUT2D eigenvalue weighted by Gasteiger charge is -2.06. The Bertz CT molecular complexity index is 570. The molecule has 0 bridgehead atoms. The summed E-state index contributed by atoms with van der Waals surface area (Å²) in [5.74, 6) is -0.350. The fourth-order valence-electron chi connectivity index (χ4n) is 1.58. The van der Waals surface area contributed by atoms with Crippen LogP contribution >= 0.6 is 0 Å². The van der Waals surface area contributed by atoms with Crippen molar-refractivity contribution in [2.24, 2.45) is 0 Å². The quantitative estimate of drug-likeness (QED) is 0.728. The predicted octanol–water partition coefficient (Wildman–Crippen LogP) is 3.07. The van der Waals surface area contributed by atoms with Gasteiger partial charge in [-0.05, 0) is 36.8 Å². The summed E-state index contributed by atoms with van der Waals surface area (Å²) < 4.78 is 13.2. The molecule has 2 nitrogen and oxygen atoms in total. The summed E-state index contributed by atoms with van der Waals surface area (Å²) in [6.07, 6.45) is 3.31. The van der Waals surface area contributed by atoms with E-state index in [1.54, 1.807) is 12.4 Å². The summed E-state index contributed by atoms with van der Waals surface area (Å²) >= 11 is 0. The zero-order chi connectivity index (χ0) is 11.5. The average Bonchev–Trinajstić information content (AvgIpc) is 2.29. The van der Waals surface area contributed by atoms with Crippen LogP contribution in [0.5, 0.6) is 0 Å². The van der Waals surface area contributed by atoms with Crippen molar-refractivity contribution in [1.29, 1.82) is 5.26 Å². The number of hydrogen-bond acceptors (Lipinski definition) is 2. The Hall–Kier alpha value is -2.21. The first-order chi connectivity index (χ1) is 7.72. The van der Waals surface area contributed by atoms with E-state index in [-0.39, 0.29) is 5.82 Å². The van der Waals surface area contributed by atoms with Crippen LogP contribution in [0.2, 0.25) is 0 Å². The second-order valence-electron chi connectivity index (χ2n) is 3.49. The van der Waals surface area contributed by atoms with Crippen LogP contribution in [0, 0.1) is 24.1 Å². The molecule has 2 aromatic rings. The minimum atomic E-state index is -0.350. The molecule has 0 fully saturated rings. The Kier molecular flexibility index (Phi) is 2.65. The lowest BCUT2D eigenvalue weighted by atomic mass is 9.98. The third kappa shape index (κ3) is 1.78. The molecule has 16 heavy (non-hydrogen) atoms. The Morgan fingerprint density at radius 1 is 1.25 bits per heavy atom. The van der Waals surface area contributed by atoms with Crippen LogP contribution in [-0.2, 0) is 0 Å². The van der Waals surface area contributed by atoms with Gasteiger partial charge in [0.05, 0.1) is 11.6 Å². The van der Waals surface area contributed by atoms with E-state index >= 15 is 0 Å². The number of halogens is 1. The van der Waals surface area contributed by atoms with Crippen LogP contribution < -0.4 is 0 Å². The molecule has 0 radical (unpaired) electrons. The number of benzene rings is 1. The van der Waals surface area contributed by atoms with Crippen molar-refractivity contribution in [3.05, 3.63) is 53.6 Å². The molecule has 3 heteroatoms. The van der Waals surface area contributed by atoms with Gasteiger partial charge in [-0.15, -0.1) is 0 Å². The Labute approximate surface area is 93.0 Å². The molecule has 1 heterocycles. The minimum Gasteiger partial charge on any atom is -0.264 e. The molecule has 0 atom stereocenters. The Morgan fingerprint density at radius 3 is 2.75 bits per heavy atom. The lowest BCUT2D eigenvalue weighted by Crippen LogP contribution is -1.90. The van der Waals surface area contributed by atoms with Crippen LogP contribution in [0.3, 0.4) is 0 Å². The molecular formula is C13H9FN2. The van der Waals surface area contributed by atoms with E-state index in [0.717, 1.165) is 11.1 Å². The molecule has 1 aromatic carbocycles. The second kappa shape index (κ2) is 4.11. The molecular weight excluding hydrogens is 203 g/mol. The van der Waals surface area contributed by atoms with Gasteiger partial charge < -0.3 is 0 Å². The van der Waals surface area contributed by atoms with Crippen molar-refractivity contribution in [3.8, 4) is 17.2 Å². The van der Waals surface area contributed by atoms with Crippen molar-refractivity contribution in [1.82, 2.24) is 4.98 Å². The zero-order valence-electron chi connectivity index (χ0n) is 8.74. The number of pyridine rings is 1. The van der Waals surface area contributed by atoms with Crippen LogP contribution in [0.25, 0.3) is 11.1 Å². The molecule has 0 amide bonds. The molecule has 0 aliphatic carbocycles. The summed E-state index contributed by atoms with van der Waals surface area (Å²) in [4.78, 5) is 4.00. The van der Waals surface area contributed by atoms with Gasteiger partial charge in [-0.2, -0.15) is 5.26 Å². The van der Waals surface area contributed by atoms with Gasteiger partial charge in [-0.1, -0.05) is 0 Å². The molecule has 0 aliphatic heterocycles. The van der Waals surface area contributed by atoms with Gasteiger partial charge in [0.2, 0.25) is 0 Å². The standard InChI is InChI=1S/C13H9FN2/c1-9-4-5-16-8-13(9)12-6-11(14)3-2-10(12)7-15/h2-6,8H,1H3. The lowest BCUT2D eigenvalue weighted by molar-refractivity contribution is 0.628. The number of aromatic nitrogens is 1. The van der Waals surface area contributed by atoms with E-state index in [4.69, 9.17) is 5.26 Å². The second-order valence-corrected chi connectivity index (χ2v) is 3.49. The van der Waals surface area contributed by atoms with E-state index in [0.29, 0.717) is 11.1 Å². The van der Waals surface area contributed by atoms with Crippen LogP contribution in [0.4, 0.5) is 4.39 Å². The predicted molar refractivity (Wildman–Crippen MR) is 59.1 cm³/mol. The highest BCUT2D eigenvalue weighted by molar-refractivity contribution is 5.72. The Balaban J connectivity index is 2.69. The normalized spacial score (nSPS) is 9.81. The maximum absolute atomic E-state index is 13.2. The van der Waals surface area contributed by atoms with E-state index in [9.17, 15) is 4.39 Å². The fraction of sp³-hybridized carbons (Fsp3) is 0.0769. The van der Waals surface area contributed by atoms with Gasteiger partial charge in [-0.3, -0.25) is 4.98 Å². The highest BCUT2D eigenvalue weighted by Gasteiger charge is 2.08. The van der Waals surface area contributed by atoms with Crippen molar-refractivity contribution in [2.45, 2.75) is 6.92 Å². The number of nitrogens with zero attached hydrogens (tertiary/aromatic N) is 2. The van der Waals surface area contributed by atoms with E-state index in [1.165, 1.54) is 18.2 Å². The largest absolute Gasteiger partial charge is 0.264 e. The van der Waals surface area contributed by atoms with Crippen LogP contribution in [0.1, 0.15) is 11.1 Å². The van der Waals surface area contributed by atoms with Crippen LogP contribution in [-0.4, -0.2) is 4.98 Å². The first kappa shape index (κ1) is 10.3. The number of hydrogen-bond donors (Lipinski definition) is 0. The number of rotatable bonds is 1. The summed E-state index contributed by atoms with van der Waals surface area (Å²) in [7, 11) is 0. The smallest absolute Gasteiger partial charge is 0.123 e. The van der Waals surface area contributed by atoms with Crippen molar-refractivity contribution in [2.75, 3.05) is 0 Å². The van der Waals surface area contributed by atoms with Gasteiger partial charge in [0, 0.05) is 23.5 Å². The summed E-state index contributed by atoms with van der Waals surface area (Å²) in [5.41, 5.74) is 2.81. The minimum absolute atomic E-state index is 0.350. The molecule has 0 aliphatic rings. The maximum Gasteiger partial charge on any atom is 0.123 e. The highest BCUT2D eigenvalue weighted by Crippen LogP contribution is 2.26. The van der Waals surface area contributed by atoms with E-state index in [2.05, 4.69) is 11.1 Å². The third-order valence-electron chi connectivity index (χ3n) is 2.43. The third-order valence-corrected chi connectivity index (χ3v) is 2.43. The van der Waals surface area contributed by atoms with E-state index < -0.39 is 0 Å². The summed E-state index contributed by atoms with van der Waals surface area (Å²) in [6.45, 7) is 1.91. The average molecular weight is 212 g/mol. The number of aryl methyl sites for hydroxylation is 1. The van der Waals surface area contributed by atoms with Crippen molar-refractivity contribution < 1.29 is 4.39 Å². The van der Waals surface area contributed by atoms with Gasteiger partial charge in [0.1, 0.15) is 5.82 Å². The zero-order valence-corrected chi connectivity index (χ0v) is 8.74. The first-order valence-corrected chi connectivity index (χ1v) is 4.83. The van der Waals surface area contributed by atoms with Crippen molar-refractivity contribution >= 4 is 0 Å². The maximum atomic E-state index is 13.2. The van der Waals surface area contributed by atoms with Crippen molar-refractivity contribution in [3.63, 3.8) is 0 Å². The topological polar surface area (TPSA) is 36.7 Å². The summed E-state index contributed by atoms with van der Waals surface area (Å²) in [5, 5.41) is 8.97. The molecule has 0 spiro atoms. The SMILES string of the molecule is Cc1ccncc1-c1cc(F)ccc1C#N. The number of nitriles is 1. The summed E-state index contributed by atoms with van der Waals surface area (Å²) in [6, 6.07) is 8.02. The first-order valence-electron chi connectivity index (χ1n) is 4.83. The molecule has 0 unspecified atom stereocenters. The highest BCUT2D eigenvalue weighted by atomic mass is 19.1. The molecule has 2 rings (SSSR count). The Morgan fingerprint density at radius 2 is 2.06 bits per heavy atom. The van der Waals surface area contributed by atoms with Gasteiger partial charge >= 0.3 is 0 Å². The van der Waals surface area contributed by atoms with Gasteiger partial charge in [-0.25, -0.2) is 4.39 Å². The van der Waals surface area contributed by atoms with Gasteiger partial charge in [0.15, 0.2) is 0 Å². The molecule has 0 N–H and O–H groups in total. The monoisotopic (exact) mass is 212 g/mol. The molecule has 0 saturated carbocycles. The molecule has 0 saturated heterocycles.